The van der Waals surface area contributed by atoms with Gasteiger partial charge in [0.05, 0.1) is 12.0 Å². The SMILES string of the molecule is O=C(/C=C/c1ccco1)Nc1cccc(-c2cn3ccccc3n2)c1. The van der Waals surface area contributed by atoms with E-state index in [1.807, 2.05) is 59.3 Å². The molecule has 25 heavy (non-hydrogen) atoms. The van der Waals surface area contributed by atoms with Crippen LogP contribution in [0, 0.1) is 0 Å². The third-order valence-corrected chi connectivity index (χ3v) is 3.73. The monoisotopic (exact) mass is 329 g/mol. The molecule has 0 unspecified atom stereocenters. The Hall–Kier alpha value is -3.60. The number of hydrogen-bond donors (Lipinski definition) is 1. The van der Waals surface area contributed by atoms with E-state index >= 15 is 0 Å². The van der Waals surface area contributed by atoms with Crippen LogP contribution in [-0.2, 0) is 4.79 Å². The second-order valence-electron chi connectivity index (χ2n) is 5.51. The van der Waals surface area contributed by atoms with Gasteiger partial charge in [-0.2, -0.15) is 0 Å². The molecule has 5 heteroatoms. The van der Waals surface area contributed by atoms with E-state index in [0.717, 1.165) is 16.9 Å². The second-order valence-corrected chi connectivity index (χ2v) is 5.51. The molecule has 0 atom stereocenters. The van der Waals surface area contributed by atoms with Crippen LogP contribution in [0.3, 0.4) is 0 Å². The summed E-state index contributed by atoms with van der Waals surface area (Å²) in [6.07, 6.45) is 8.55. The molecule has 3 aromatic heterocycles. The van der Waals surface area contributed by atoms with Crippen LogP contribution in [0.15, 0.2) is 83.7 Å². The number of imidazole rings is 1. The van der Waals surface area contributed by atoms with Gasteiger partial charge in [0.2, 0.25) is 5.91 Å². The molecular weight excluding hydrogens is 314 g/mol. The molecular formula is C20H15N3O2. The number of benzene rings is 1. The van der Waals surface area contributed by atoms with Gasteiger partial charge >= 0.3 is 0 Å². The molecule has 4 rings (SSSR count). The summed E-state index contributed by atoms with van der Waals surface area (Å²) < 4.78 is 7.13. The fraction of sp³-hybridized carbons (Fsp3) is 0. The van der Waals surface area contributed by atoms with Crippen molar-refractivity contribution in [2.75, 3.05) is 5.32 Å². The molecule has 1 aromatic carbocycles. The number of pyridine rings is 1. The first-order valence-electron chi connectivity index (χ1n) is 7.85. The van der Waals surface area contributed by atoms with Crippen molar-refractivity contribution < 1.29 is 9.21 Å². The summed E-state index contributed by atoms with van der Waals surface area (Å²) in [4.78, 5) is 16.6. The van der Waals surface area contributed by atoms with Crippen molar-refractivity contribution in [1.29, 1.82) is 0 Å². The fourth-order valence-corrected chi connectivity index (χ4v) is 2.56. The van der Waals surface area contributed by atoms with Gasteiger partial charge in [0.25, 0.3) is 0 Å². The number of carbonyl (C=O) groups is 1. The molecule has 0 saturated heterocycles. The van der Waals surface area contributed by atoms with E-state index in [9.17, 15) is 4.79 Å². The maximum absolute atomic E-state index is 12.0. The van der Waals surface area contributed by atoms with Crippen LogP contribution < -0.4 is 5.32 Å². The summed E-state index contributed by atoms with van der Waals surface area (Å²) >= 11 is 0. The first-order valence-corrected chi connectivity index (χ1v) is 7.85. The normalized spacial score (nSPS) is 11.2. The molecule has 1 N–H and O–H groups in total. The van der Waals surface area contributed by atoms with E-state index in [-0.39, 0.29) is 5.91 Å². The topological polar surface area (TPSA) is 59.5 Å². The molecule has 0 radical (unpaired) electrons. The predicted molar refractivity (Wildman–Crippen MR) is 97.0 cm³/mol. The van der Waals surface area contributed by atoms with Crippen molar-refractivity contribution in [3.8, 4) is 11.3 Å². The fourth-order valence-electron chi connectivity index (χ4n) is 2.56. The summed E-state index contributed by atoms with van der Waals surface area (Å²) in [7, 11) is 0. The van der Waals surface area contributed by atoms with Crippen molar-refractivity contribution in [3.63, 3.8) is 0 Å². The van der Waals surface area contributed by atoms with Gasteiger partial charge in [-0.05, 0) is 42.5 Å². The summed E-state index contributed by atoms with van der Waals surface area (Å²) in [5, 5.41) is 2.85. The van der Waals surface area contributed by atoms with E-state index in [1.54, 1.807) is 24.5 Å². The highest BCUT2D eigenvalue weighted by Gasteiger charge is 2.06. The Balaban J connectivity index is 1.54. The van der Waals surface area contributed by atoms with Gasteiger partial charge in [-0.15, -0.1) is 0 Å². The lowest BCUT2D eigenvalue weighted by molar-refractivity contribution is -0.111. The van der Waals surface area contributed by atoms with Crippen LogP contribution in [0.2, 0.25) is 0 Å². The number of fused-ring (bicyclic) bond motifs is 1. The maximum atomic E-state index is 12.0. The van der Waals surface area contributed by atoms with E-state index in [0.29, 0.717) is 11.4 Å². The highest BCUT2D eigenvalue weighted by Crippen LogP contribution is 2.22. The number of anilines is 1. The van der Waals surface area contributed by atoms with E-state index < -0.39 is 0 Å². The highest BCUT2D eigenvalue weighted by molar-refractivity contribution is 6.02. The Bertz CT molecular complexity index is 1010. The number of nitrogens with one attached hydrogen (secondary N) is 1. The molecule has 3 heterocycles. The minimum atomic E-state index is -0.219. The van der Waals surface area contributed by atoms with Crippen molar-refractivity contribution in [2.24, 2.45) is 0 Å². The van der Waals surface area contributed by atoms with Crippen LogP contribution in [0.4, 0.5) is 5.69 Å². The second kappa shape index (κ2) is 6.49. The number of aromatic nitrogens is 2. The number of furan rings is 1. The highest BCUT2D eigenvalue weighted by atomic mass is 16.3. The Labute approximate surface area is 144 Å². The van der Waals surface area contributed by atoms with Crippen LogP contribution in [0.1, 0.15) is 5.76 Å². The molecule has 0 aliphatic rings. The Morgan fingerprint density at radius 1 is 1.12 bits per heavy atom. The number of amides is 1. The Kier molecular flexibility index (Phi) is 3.88. The Morgan fingerprint density at radius 2 is 2.08 bits per heavy atom. The minimum Gasteiger partial charge on any atom is -0.465 e. The smallest absolute Gasteiger partial charge is 0.248 e. The van der Waals surface area contributed by atoms with Crippen molar-refractivity contribution >= 4 is 23.3 Å². The van der Waals surface area contributed by atoms with Crippen LogP contribution in [0.25, 0.3) is 23.0 Å². The molecule has 0 aliphatic heterocycles. The first-order chi connectivity index (χ1) is 12.3. The van der Waals surface area contributed by atoms with Gasteiger partial charge in [-0.1, -0.05) is 18.2 Å². The summed E-state index contributed by atoms with van der Waals surface area (Å²) in [6.45, 7) is 0. The average molecular weight is 329 g/mol. The summed E-state index contributed by atoms with van der Waals surface area (Å²) in [5.74, 6) is 0.414. The minimum absolute atomic E-state index is 0.219. The van der Waals surface area contributed by atoms with Crippen molar-refractivity contribution in [2.45, 2.75) is 0 Å². The first kappa shape index (κ1) is 15.0. The summed E-state index contributed by atoms with van der Waals surface area (Å²) in [5.41, 5.74) is 3.39. The molecule has 0 bridgehead atoms. The van der Waals surface area contributed by atoms with Gasteiger partial charge < -0.3 is 14.1 Å². The molecule has 0 fully saturated rings. The largest absolute Gasteiger partial charge is 0.465 e. The predicted octanol–water partition coefficient (Wildman–Crippen LogP) is 4.25. The molecule has 5 nitrogen and oxygen atoms in total. The van der Waals surface area contributed by atoms with Crippen LogP contribution in [-0.4, -0.2) is 15.3 Å². The molecule has 0 saturated carbocycles. The number of rotatable bonds is 4. The lowest BCUT2D eigenvalue weighted by Crippen LogP contribution is -2.07. The molecule has 4 aromatic rings. The van der Waals surface area contributed by atoms with Crippen LogP contribution >= 0.6 is 0 Å². The number of hydrogen-bond acceptors (Lipinski definition) is 3. The third-order valence-electron chi connectivity index (χ3n) is 3.73. The number of carbonyl (C=O) groups excluding carboxylic acids is 1. The lowest BCUT2D eigenvalue weighted by Gasteiger charge is -2.04. The quantitative estimate of drug-likeness (QED) is 0.570. The standard InChI is InChI=1S/C20H15N3O2/c24-20(10-9-17-7-4-12-25-17)21-16-6-3-5-15(13-16)18-14-23-11-2-1-8-19(23)22-18/h1-14H,(H,21,24)/b10-9+. The van der Waals surface area contributed by atoms with E-state index in [4.69, 9.17) is 4.42 Å². The van der Waals surface area contributed by atoms with E-state index in [1.165, 1.54) is 6.08 Å². The Morgan fingerprint density at radius 3 is 2.92 bits per heavy atom. The van der Waals surface area contributed by atoms with Crippen molar-refractivity contribution in [1.82, 2.24) is 9.38 Å². The molecule has 122 valence electrons. The zero-order valence-corrected chi connectivity index (χ0v) is 13.3. The molecule has 1 amide bonds. The van der Waals surface area contributed by atoms with E-state index in [2.05, 4.69) is 10.3 Å². The van der Waals surface area contributed by atoms with Gasteiger partial charge in [-0.3, -0.25) is 4.79 Å². The zero-order valence-electron chi connectivity index (χ0n) is 13.3. The van der Waals surface area contributed by atoms with Gasteiger partial charge in [0.1, 0.15) is 11.4 Å². The maximum Gasteiger partial charge on any atom is 0.248 e. The van der Waals surface area contributed by atoms with Crippen molar-refractivity contribution in [3.05, 3.63) is 85.1 Å². The van der Waals surface area contributed by atoms with Gasteiger partial charge in [0, 0.05) is 29.7 Å². The van der Waals surface area contributed by atoms with Crippen LogP contribution in [0.5, 0.6) is 0 Å². The third kappa shape index (κ3) is 3.35. The lowest BCUT2D eigenvalue weighted by atomic mass is 10.1. The molecule has 0 spiro atoms. The summed E-state index contributed by atoms with van der Waals surface area (Å²) in [6, 6.07) is 17.0. The zero-order chi connectivity index (χ0) is 17.1. The number of nitrogens with zero attached hydrogens (tertiary/aromatic N) is 2. The molecule has 0 aliphatic carbocycles. The van der Waals surface area contributed by atoms with Gasteiger partial charge in [0.15, 0.2) is 0 Å². The van der Waals surface area contributed by atoms with Gasteiger partial charge in [-0.25, -0.2) is 4.98 Å². The average Bonchev–Trinajstić information content (AvgIpc) is 3.29.